The summed E-state index contributed by atoms with van der Waals surface area (Å²) in [5.41, 5.74) is 6.25. The topological polar surface area (TPSA) is 110 Å². The standard InChI is InChI=1S/C11H16NO5P/c1-8-2-4-9(5-3-8)17-18(15,16)7-6-10(12)11(13)14/h2-5,10H,6-7,12H2,1H3,(H,13,14)(H,15,16). The van der Waals surface area contributed by atoms with Crippen LogP contribution >= 0.6 is 7.60 Å². The normalized spacial score (nSPS) is 15.7. The van der Waals surface area contributed by atoms with Gasteiger partial charge in [0.25, 0.3) is 0 Å². The zero-order chi connectivity index (χ0) is 13.8. The van der Waals surface area contributed by atoms with Crippen molar-refractivity contribution in [3.63, 3.8) is 0 Å². The highest BCUT2D eigenvalue weighted by molar-refractivity contribution is 7.53. The molecule has 100 valence electrons. The third-order valence-corrected chi connectivity index (χ3v) is 3.63. The number of aliphatic carboxylic acids is 1. The lowest BCUT2D eigenvalue weighted by Gasteiger charge is -2.14. The number of benzene rings is 1. The van der Waals surface area contributed by atoms with Crippen molar-refractivity contribution in [1.82, 2.24) is 0 Å². The van der Waals surface area contributed by atoms with Gasteiger partial charge in [-0.05, 0) is 25.5 Å². The molecule has 0 amide bonds. The Morgan fingerprint density at radius 3 is 2.50 bits per heavy atom. The van der Waals surface area contributed by atoms with E-state index < -0.39 is 19.6 Å². The van der Waals surface area contributed by atoms with E-state index >= 15 is 0 Å². The fourth-order valence-corrected chi connectivity index (χ4v) is 2.38. The molecule has 2 atom stereocenters. The van der Waals surface area contributed by atoms with Crippen molar-refractivity contribution in [2.45, 2.75) is 19.4 Å². The molecule has 6 nitrogen and oxygen atoms in total. The molecule has 0 saturated carbocycles. The van der Waals surface area contributed by atoms with Crippen LogP contribution in [-0.4, -0.2) is 28.2 Å². The average Bonchev–Trinajstić information content (AvgIpc) is 2.29. The van der Waals surface area contributed by atoms with Crippen LogP contribution in [0.15, 0.2) is 24.3 Å². The molecule has 1 rings (SSSR count). The third kappa shape index (κ3) is 4.87. The van der Waals surface area contributed by atoms with E-state index in [-0.39, 0.29) is 18.3 Å². The fourth-order valence-electron chi connectivity index (χ4n) is 1.24. The molecule has 2 unspecified atom stereocenters. The summed E-state index contributed by atoms with van der Waals surface area (Å²) in [6.45, 7) is 1.88. The maximum Gasteiger partial charge on any atom is 0.376 e. The molecule has 0 radical (unpaired) electrons. The molecule has 0 aliphatic carbocycles. The van der Waals surface area contributed by atoms with E-state index in [1.54, 1.807) is 24.3 Å². The lowest BCUT2D eigenvalue weighted by atomic mass is 10.2. The summed E-state index contributed by atoms with van der Waals surface area (Å²) in [4.78, 5) is 20.0. The summed E-state index contributed by atoms with van der Waals surface area (Å²) in [6, 6.07) is 5.49. The van der Waals surface area contributed by atoms with Gasteiger partial charge in [0.2, 0.25) is 0 Å². The first-order valence-electron chi connectivity index (χ1n) is 5.36. The maximum atomic E-state index is 11.7. The molecule has 0 aromatic heterocycles. The first-order valence-corrected chi connectivity index (χ1v) is 7.13. The van der Waals surface area contributed by atoms with Crippen LogP contribution in [0.2, 0.25) is 0 Å². The highest BCUT2D eigenvalue weighted by Gasteiger charge is 2.24. The van der Waals surface area contributed by atoms with Crippen molar-refractivity contribution in [3.8, 4) is 5.75 Å². The molecular formula is C11H16NO5P. The lowest BCUT2D eigenvalue weighted by Crippen LogP contribution is -2.31. The van der Waals surface area contributed by atoms with Crippen LogP contribution in [0.25, 0.3) is 0 Å². The van der Waals surface area contributed by atoms with Crippen molar-refractivity contribution < 1.29 is 23.9 Å². The van der Waals surface area contributed by atoms with E-state index in [1.807, 2.05) is 6.92 Å². The molecule has 0 aliphatic heterocycles. The van der Waals surface area contributed by atoms with Crippen LogP contribution in [0, 0.1) is 6.92 Å². The minimum Gasteiger partial charge on any atom is -0.480 e. The molecule has 1 aromatic carbocycles. The first-order chi connectivity index (χ1) is 8.30. The van der Waals surface area contributed by atoms with Crippen molar-refractivity contribution in [3.05, 3.63) is 29.8 Å². The van der Waals surface area contributed by atoms with Crippen LogP contribution in [0.3, 0.4) is 0 Å². The average molecular weight is 273 g/mol. The molecular weight excluding hydrogens is 257 g/mol. The molecule has 0 heterocycles. The predicted octanol–water partition coefficient (Wildman–Crippen LogP) is 1.36. The molecule has 4 N–H and O–H groups in total. The summed E-state index contributed by atoms with van der Waals surface area (Å²) in [5.74, 6) is -0.930. The van der Waals surface area contributed by atoms with Crippen LogP contribution in [0.5, 0.6) is 5.75 Å². The molecule has 1 aromatic rings. The van der Waals surface area contributed by atoms with Gasteiger partial charge >= 0.3 is 13.6 Å². The Kier molecular flexibility index (Phi) is 4.90. The highest BCUT2D eigenvalue weighted by atomic mass is 31.2. The number of hydrogen-bond donors (Lipinski definition) is 3. The minimum atomic E-state index is -3.87. The van der Waals surface area contributed by atoms with Crippen LogP contribution in [0.1, 0.15) is 12.0 Å². The van der Waals surface area contributed by atoms with Gasteiger partial charge in [0.05, 0.1) is 6.16 Å². The number of aryl methyl sites for hydroxylation is 1. The zero-order valence-electron chi connectivity index (χ0n) is 9.94. The second-order valence-corrected chi connectivity index (χ2v) is 5.90. The van der Waals surface area contributed by atoms with Gasteiger partial charge in [-0.2, -0.15) is 0 Å². The van der Waals surface area contributed by atoms with Gasteiger partial charge in [0, 0.05) is 0 Å². The van der Waals surface area contributed by atoms with E-state index in [2.05, 4.69) is 0 Å². The van der Waals surface area contributed by atoms with Gasteiger partial charge in [-0.15, -0.1) is 0 Å². The third-order valence-electron chi connectivity index (χ3n) is 2.31. The number of rotatable bonds is 6. The molecule has 7 heteroatoms. The monoisotopic (exact) mass is 273 g/mol. The van der Waals surface area contributed by atoms with Crippen molar-refractivity contribution in [2.24, 2.45) is 5.73 Å². The summed E-state index contributed by atoms with van der Waals surface area (Å²) in [5, 5.41) is 8.56. The number of nitrogens with two attached hydrogens (primary N) is 1. The van der Waals surface area contributed by atoms with Gasteiger partial charge in [-0.3, -0.25) is 4.79 Å². The Labute approximate surface area is 105 Å². The van der Waals surface area contributed by atoms with Crippen LogP contribution in [-0.2, 0) is 9.36 Å². The lowest BCUT2D eigenvalue weighted by molar-refractivity contribution is -0.138. The van der Waals surface area contributed by atoms with Gasteiger partial charge in [0.15, 0.2) is 0 Å². The summed E-state index contributed by atoms with van der Waals surface area (Å²) in [7, 11) is -3.87. The summed E-state index contributed by atoms with van der Waals surface area (Å²) in [6.07, 6.45) is -0.413. The largest absolute Gasteiger partial charge is 0.480 e. The molecule has 0 bridgehead atoms. The van der Waals surface area contributed by atoms with E-state index in [0.717, 1.165) is 5.56 Å². The van der Waals surface area contributed by atoms with Gasteiger partial charge in [-0.1, -0.05) is 17.7 Å². The van der Waals surface area contributed by atoms with Gasteiger partial charge in [-0.25, -0.2) is 4.57 Å². The summed E-state index contributed by atoms with van der Waals surface area (Å²) >= 11 is 0. The number of hydrogen-bond acceptors (Lipinski definition) is 4. The summed E-state index contributed by atoms with van der Waals surface area (Å²) < 4.78 is 16.6. The van der Waals surface area contributed by atoms with E-state index in [0.29, 0.717) is 0 Å². The smallest absolute Gasteiger partial charge is 0.376 e. The Morgan fingerprint density at radius 1 is 1.44 bits per heavy atom. The zero-order valence-corrected chi connectivity index (χ0v) is 10.8. The minimum absolute atomic E-state index is 0.116. The Hall–Kier alpha value is -1.36. The Balaban J connectivity index is 2.56. The number of carbonyl (C=O) groups is 1. The van der Waals surface area contributed by atoms with Crippen molar-refractivity contribution in [2.75, 3.05) is 6.16 Å². The van der Waals surface area contributed by atoms with Crippen molar-refractivity contribution in [1.29, 1.82) is 0 Å². The SMILES string of the molecule is Cc1ccc(OP(=O)(O)CCC(N)C(=O)O)cc1. The van der Waals surface area contributed by atoms with E-state index in [4.69, 9.17) is 15.4 Å². The van der Waals surface area contributed by atoms with E-state index in [1.165, 1.54) is 0 Å². The van der Waals surface area contributed by atoms with Gasteiger partial charge in [0.1, 0.15) is 11.8 Å². The molecule has 0 saturated heterocycles. The second kappa shape index (κ2) is 6.00. The predicted molar refractivity (Wildman–Crippen MR) is 66.7 cm³/mol. The molecule has 18 heavy (non-hydrogen) atoms. The van der Waals surface area contributed by atoms with E-state index in [9.17, 15) is 14.3 Å². The maximum absolute atomic E-state index is 11.7. The molecule has 0 fully saturated rings. The quantitative estimate of drug-likeness (QED) is 0.675. The van der Waals surface area contributed by atoms with Gasteiger partial charge < -0.3 is 20.3 Å². The Morgan fingerprint density at radius 2 is 2.00 bits per heavy atom. The van der Waals surface area contributed by atoms with Crippen LogP contribution < -0.4 is 10.3 Å². The number of carboxylic acids is 1. The molecule has 0 aliphatic rings. The highest BCUT2D eigenvalue weighted by Crippen LogP contribution is 2.43. The Bertz CT molecular complexity index is 459. The first kappa shape index (κ1) is 14.7. The number of carboxylic acid groups (broad SMARTS) is 1. The molecule has 0 spiro atoms. The fraction of sp³-hybridized carbons (Fsp3) is 0.364. The second-order valence-electron chi connectivity index (χ2n) is 4.00. The van der Waals surface area contributed by atoms with Crippen molar-refractivity contribution >= 4 is 13.6 Å². The van der Waals surface area contributed by atoms with Crippen LogP contribution in [0.4, 0.5) is 0 Å².